The van der Waals surface area contributed by atoms with Gasteiger partial charge in [0, 0.05) is 6.04 Å². The molecule has 0 amide bonds. The minimum Gasteiger partial charge on any atom is -0.496 e. The first kappa shape index (κ1) is 19.5. The average Bonchev–Trinajstić information content (AvgIpc) is 2.53. The highest BCUT2D eigenvalue weighted by Gasteiger charge is 2.20. The van der Waals surface area contributed by atoms with Gasteiger partial charge in [-0.25, -0.2) is 13.1 Å². The molecular formula is C20H27NO3S. The molecule has 2 rings (SSSR count). The van der Waals surface area contributed by atoms with Crippen molar-refractivity contribution in [3.8, 4) is 5.75 Å². The normalized spacial score (nSPS) is 13.5. The molecule has 0 aliphatic rings. The van der Waals surface area contributed by atoms with Crippen molar-refractivity contribution in [2.24, 2.45) is 0 Å². The molecule has 0 aromatic heterocycles. The monoisotopic (exact) mass is 361 g/mol. The zero-order valence-electron chi connectivity index (χ0n) is 15.8. The van der Waals surface area contributed by atoms with E-state index in [2.05, 4.69) is 37.6 Å². The van der Waals surface area contributed by atoms with Crippen LogP contribution in [0.1, 0.15) is 50.4 Å². The van der Waals surface area contributed by atoms with Gasteiger partial charge in [0.25, 0.3) is 0 Å². The predicted molar refractivity (Wildman–Crippen MR) is 102 cm³/mol. The van der Waals surface area contributed by atoms with Gasteiger partial charge in [-0.05, 0) is 54.2 Å². The van der Waals surface area contributed by atoms with Crippen LogP contribution in [0.4, 0.5) is 0 Å². The lowest BCUT2D eigenvalue weighted by molar-refractivity contribution is 0.411. The smallest absolute Gasteiger partial charge is 0.241 e. The molecule has 0 aliphatic heterocycles. The Labute approximate surface area is 151 Å². The van der Waals surface area contributed by atoms with E-state index in [0.29, 0.717) is 5.75 Å². The van der Waals surface area contributed by atoms with Gasteiger partial charge in [0.15, 0.2) is 0 Å². The van der Waals surface area contributed by atoms with Crippen molar-refractivity contribution in [3.05, 3.63) is 59.2 Å². The molecule has 0 saturated heterocycles. The molecule has 136 valence electrons. The molecule has 0 aliphatic carbocycles. The van der Waals surface area contributed by atoms with Gasteiger partial charge in [-0.15, -0.1) is 0 Å². The molecule has 2 aromatic rings. The Morgan fingerprint density at radius 2 is 1.64 bits per heavy atom. The third-order valence-corrected chi connectivity index (χ3v) is 5.82. The summed E-state index contributed by atoms with van der Waals surface area (Å²) < 4.78 is 33.2. The molecule has 25 heavy (non-hydrogen) atoms. The summed E-state index contributed by atoms with van der Waals surface area (Å²) in [6, 6.07) is 12.6. The first-order chi connectivity index (χ1) is 11.5. The van der Waals surface area contributed by atoms with E-state index in [4.69, 9.17) is 4.74 Å². The largest absolute Gasteiger partial charge is 0.496 e. The predicted octanol–water partition coefficient (Wildman–Crippen LogP) is 4.34. The number of rotatable bonds is 5. The summed E-state index contributed by atoms with van der Waals surface area (Å²) in [4.78, 5) is 0.240. The number of ether oxygens (including phenoxy) is 1. The Hall–Kier alpha value is -1.85. The van der Waals surface area contributed by atoms with Crippen LogP contribution in [0.2, 0.25) is 0 Å². The van der Waals surface area contributed by atoms with Crippen molar-refractivity contribution in [1.82, 2.24) is 4.72 Å². The lowest BCUT2D eigenvalue weighted by Crippen LogP contribution is -2.27. The third kappa shape index (κ3) is 4.61. The van der Waals surface area contributed by atoms with E-state index in [9.17, 15) is 8.42 Å². The Balaban J connectivity index is 2.21. The first-order valence-corrected chi connectivity index (χ1v) is 9.80. The number of methoxy groups -OCH3 is 1. The molecule has 2 aromatic carbocycles. The summed E-state index contributed by atoms with van der Waals surface area (Å²) >= 11 is 0. The van der Waals surface area contributed by atoms with Gasteiger partial charge in [0.2, 0.25) is 10.0 Å². The second-order valence-electron chi connectivity index (χ2n) is 7.35. The summed E-state index contributed by atoms with van der Waals surface area (Å²) in [5.41, 5.74) is 3.01. The van der Waals surface area contributed by atoms with Gasteiger partial charge in [-0.3, -0.25) is 0 Å². The summed E-state index contributed by atoms with van der Waals surface area (Å²) in [7, 11) is -2.03. The van der Waals surface area contributed by atoms with E-state index in [-0.39, 0.29) is 16.4 Å². The minimum absolute atomic E-state index is 0.0713. The third-order valence-electron chi connectivity index (χ3n) is 4.29. The van der Waals surface area contributed by atoms with Crippen LogP contribution in [-0.2, 0) is 15.4 Å². The van der Waals surface area contributed by atoms with Gasteiger partial charge in [0.1, 0.15) is 5.75 Å². The van der Waals surface area contributed by atoms with Crippen LogP contribution in [0.25, 0.3) is 0 Å². The molecule has 0 heterocycles. The van der Waals surface area contributed by atoms with E-state index in [1.807, 2.05) is 26.0 Å². The summed E-state index contributed by atoms with van der Waals surface area (Å²) in [5.74, 6) is 0.671. The molecule has 0 saturated carbocycles. The molecule has 1 N–H and O–H groups in total. The highest BCUT2D eigenvalue weighted by Crippen LogP contribution is 2.25. The van der Waals surface area contributed by atoms with Crippen molar-refractivity contribution in [2.75, 3.05) is 7.11 Å². The van der Waals surface area contributed by atoms with Crippen LogP contribution >= 0.6 is 0 Å². The lowest BCUT2D eigenvalue weighted by Gasteiger charge is -2.21. The molecular weight excluding hydrogens is 334 g/mol. The highest BCUT2D eigenvalue weighted by atomic mass is 32.2. The molecule has 5 heteroatoms. The number of hydrogen-bond acceptors (Lipinski definition) is 3. The first-order valence-electron chi connectivity index (χ1n) is 8.32. The van der Waals surface area contributed by atoms with Crippen LogP contribution in [0.5, 0.6) is 5.75 Å². The van der Waals surface area contributed by atoms with Gasteiger partial charge >= 0.3 is 0 Å². The van der Waals surface area contributed by atoms with Crippen LogP contribution in [0, 0.1) is 6.92 Å². The standard InChI is InChI=1S/C20H27NO3S/c1-14-13-18(11-12-19(14)24-6)25(22,23)21-15(2)16-7-9-17(10-8-16)20(3,4)5/h7-13,15,21H,1-6H3. The minimum atomic E-state index is -3.60. The van der Waals surface area contributed by atoms with Crippen molar-refractivity contribution in [2.45, 2.75) is 51.0 Å². The zero-order valence-corrected chi connectivity index (χ0v) is 16.6. The molecule has 0 bridgehead atoms. The maximum absolute atomic E-state index is 12.6. The number of hydrogen-bond donors (Lipinski definition) is 1. The summed E-state index contributed by atoms with van der Waals surface area (Å²) in [5, 5.41) is 0. The second kappa shape index (κ2) is 7.18. The van der Waals surface area contributed by atoms with E-state index in [1.165, 1.54) is 5.56 Å². The summed E-state index contributed by atoms with van der Waals surface area (Å²) in [6.45, 7) is 10.1. The fourth-order valence-electron chi connectivity index (χ4n) is 2.66. The molecule has 0 spiro atoms. The SMILES string of the molecule is COc1ccc(S(=O)(=O)NC(C)c2ccc(C(C)(C)C)cc2)cc1C. The Morgan fingerprint density at radius 3 is 2.12 bits per heavy atom. The quantitative estimate of drug-likeness (QED) is 0.862. The fourth-order valence-corrected chi connectivity index (χ4v) is 3.98. The molecule has 4 nitrogen and oxygen atoms in total. The number of sulfonamides is 1. The van der Waals surface area contributed by atoms with Gasteiger partial charge in [0.05, 0.1) is 12.0 Å². The van der Waals surface area contributed by atoms with E-state index < -0.39 is 10.0 Å². The van der Waals surface area contributed by atoms with Crippen molar-refractivity contribution < 1.29 is 13.2 Å². The average molecular weight is 362 g/mol. The van der Waals surface area contributed by atoms with E-state index in [0.717, 1.165) is 11.1 Å². The number of nitrogens with one attached hydrogen (secondary N) is 1. The molecule has 1 atom stereocenters. The maximum Gasteiger partial charge on any atom is 0.241 e. The maximum atomic E-state index is 12.6. The van der Waals surface area contributed by atoms with Crippen LogP contribution < -0.4 is 9.46 Å². The van der Waals surface area contributed by atoms with Crippen molar-refractivity contribution in [3.63, 3.8) is 0 Å². The fraction of sp³-hybridized carbons (Fsp3) is 0.400. The Morgan fingerprint density at radius 1 is 1.04 bits per heavy atom. The zero-order chi connectivity index (χ0) is 18.8. The Bertz CT molecular complexity index is 834. The van der Waals surface area contributed by atoms with Crippen LogP contribution in [-0.4, -0.2) is 15.5 Å². The van der Waals surface area contributed by atoms with Crippen LogP contribution in [0.3, 0.4) is 0 Å². The molecule has 0 fully saturated rings. The van der Waals surface area contributed by atoms with Gasteiger partial charge in [-0.2, -0.15) is 0 Å². The number of aryl methyl sites for hydroxylation is 1. The van der Waals surface area contributed by atoms with E-state index in [1.54, 1.807) is 25.3 Å². The second-order valence-corrected chi connectivity index (χ2v) is 9.06. The topological polar surface area (TPSA) is 55.4 Å². The molecule has 1 unspecified atom stereocenters. The summed E-state index contributed by atoms with van der Waals surface area (Å²) in [6.07, 6.45) is 0. The van der Waals surface area contributed by atoms with Gasteiger partial charge < -0.3 is 4.74 Å². The van der Waals surface area contributed by atoms with Crippen LogP contribution in [0.15, 0.2) is 47.4 Å². The number of benzene rings is 2. The highest BCUT2D eigenvalue weighted by molar-refractivity contribution is 7.89. The van der Waals surface area contributed by atoms with Crippen molar-refractivity contribution >= 4 is 10.0 Å². The van der Waals surface area contributed by atoms with Crippen molar-refractivity contribution in [1.29, 1.82) is 0 Å². The Kier molecular flexibility index (Phi) is 5.59. The van der Waals surface area contributed by atoms with Gasteiger partial charge in [-0.1, -0.05) is 45.0 Å². The van der Waals surface area contributed by atoms with E-state index >= 15 is 0 Å². The lowest BCUT2D eigenvalue weighted by atomic mass is 9.86. The molecule has 0 radical (unpaired) electrons.